The Labute approximate surface area is 186 Å². The molecular formula is C21H27N7O2S. The van der Waals surface area contributed by atoms with E-state index in [1.807, 2.05) is 56.1 Å². The number of anilines is 4. The molecule has 0 saturated carbocycles. The highest BCUT2D eigenvalue weighted by Gasteiger charge is 2.16. The van der Waals surface area contributed by atoms with E-state index < -0.39 is 0 Å². The third-order valence-corrected chi connectivity index (χ3v) is 5.30. The van der Waals surface area contributed by atoms with Crippen LogP contribution in [0, 0.1) is 13.8 Å². The van der Waals surface area contributed by atoms with Crippen LogP contribution in [0.25, 0.3) is 0 Å². The predicted octanol–water partition coefficient (Wildman–Crippen LogP) is 3.75. The number of aryl methyl sites for hydroxylation is 1. The fourth-order valence-electron chi connectivity index (χ4n) is 2.88. The van der Waals surface area contributed by atoms with Gasteiger partial charge in [-0.05, 0) is 49.9 Å². The van der Waals surface area contributed by atoms with Crippen molar-refractivity contribution < 1.29 is 9.53 Å². The summed E-state index contributed by atoms with van der Waals surface area (Å²) in [4.78, 5) is 23.7. The lowest BCUT2D eigenvalue weighted by molar-refractivity contribution is -0.114. The summed E-state index contributed by atoms with van der Waals surface area (Å²) in [6, 6.07) is 9.49. The summed E-state index contributed by atoms with van der Waals surface area (Å²) in [5.74, 6) is 2.10. The molecule has 1 amide bonds. The fraction of sp³-hybridized carbons (Fsp3) is 0.333. The summed E-state index contributed by atoms with van der Waals surface area (Å²) in [6.07, 6.45) is 0. The molecule has 0 aliphatic rings. The second-order valence-corrected chi connectivity index (χ2v) is 8.13. The summed E-state index contributed by atoms with van der Waals surface area (Å²) in [6.45, 7) is 6.71. The number of hydrogen-bond acceptors (Lipinski definition) is 8. The van der Waals surface area contributed by atoms with Crippen molar-refractivity contribution >= 4 is 40.8 Å². The lowest BCUT2D eigenvalue weighted by Gasteiger charge is -2.22. The molecule has 2 aromatic heterocycles. The molecular weight excluding hydrogens is 414 g/mol. The molecule has 0 aliphatic heterocycles. The number of nitrogens with zero attached hydrogens (tertiary/aromatic N) is 4. The number of benzene rings is 1. The number of likely N-dealkylation sites (N-methyl/N-ethyl adjacent to an activating group) is 1. The van der Waals surface area contributed by atoms with E-state index in [-0.39, 0.29) is 5.91 Å². The Hall–Kier alpha value is -3.11. The maximum Gasteiger partial charge on any atom is 0.221 e. The number of rotatable bonds is 9. The van der Waals surface area contributed by atoms with Crippen molar-refractivity contribution in [3.63, 3.8) is 0 Å². The van der Waals surface area contributed by atoms with Gasteiger partial charge in [-0.15, -0.1) is 0 Å². The van der Waals surface area contributed by atoms with Crippen molar-refractivity contribution in [2.45, 2.75) is 30.8 Å². The number of aromatic nitrogens is 4. The SMILES string of the molecule is COCCN(C)c1nc(Sc2ccc(NC(C)=O)cc2)nc(Nc2cc(C)[nH]n2)c1C. The molecule has 3 N–H and O–H groups in total. The highest BCUT2D eigenvalue weighted by Crippen LogP contribution is 2.32. The number of methoxy groups -OCH3 is 1. The predicted molar refractivity (Wildman–Crippen MR) is 123 cm³/mol. The molecule has 0 aliphatic carbocycles. The van der Waals surface area contributed by atoms with E-state index in [2.05, 4.69) is 20.8 Å². The average Bonchev–Trinajstić information content (AvgIpc) is 3.14. The van der Waals surface area contributed by atoms with Crippen molar-refractivity contribution in [3.8, 4) is 0 Å². The minimum absolute atomic E-state index is 0.102. The van der Waals surface area contributed by atoms with Gasteiger partial charge in [0.25, 0.3) is 0 Å². The summed E-state index contributed by atoms with van der Waals surface area (Å²) >= 11 is 1.45. The van der Waals surface area contributed by atoms with Gasteiger partial charge in [-0.1, -0.05) is 0 Å². The molecule has 9 nitrogen and oxygen atoms in total. The van der Waals surface area contributed by atoms with Gasteiger partial charge in [-0.3, -0.25) is 9.89 Å². The maximum absolute atomic E-state index is 11.2. The van der Waals surface area contributed by atoms with Crippen molar-refractivity contribution in [1.82, 2.24) is 20.2 Å². The van der Waals surface area contributed by atoms with Gasteiger partial charge < -0.3 is 20.3 Å². The van der Waals surface area contributed by atoms with Crippen LogP contribution in [0.3, 0.4) is 0 Å². The van der Waals surface area contributed by atoms with Gasteiger partial charge in [-0.2, -0.15) is 5.10 Å². The summed E-state index contributed by atoms with van der Waals surface area (Å²) in [5, 5.41) is 13.8. The first-order valence-electron chi connectivity index (χ1n) is 9.79. The van der Waals surface area contributed by atoms with Crippen molar-refractivity contribution in [1.29, 1.82) is 0 Å². The van der Waals surface area contributed by atoms with Crippen LogP contribution in [0.1, 0.15) is 18.2 Å². The Bertz CT molecular complexity index is 1040. The summed E-state index contributed by atoms with van der Waals surface area (Å²) in [7, 11) is 3.66. The Morgan fingerprint density at radius 2 is 1.97 bits per heavy atom. The van der Waals surface area contributed by atoms with Crippen LogP contribution in [0.15, 0.2) is 40.4 Å². The molecule has 0 unspecified atom stereocenters. The molecule has 2 heterocycles. The molecule has 3 rings (SSSR count). The van der Waals surface area contributed by atoms with Crippen LogP contribution < -0.4 is 15.5 Å². The number of hydrogen-bond donors (Lipinski definition) is 3. The normalized spacial score (nSPS) is 10.7. The van der Waals surface area contributed by atoms with Gasteiger partial charge >= 0.3 is 0 Å². The maximum atomic E-state index is 11.2. The number of carbonyl (C=O) groups excluding carboxylic acids is 1. The number of H-pyrrole nitrogens is 1. The lowest BCUT2D eigenvalue weighted by Crippen LogP contribution is -2.24. The van der Waals surface area contributed by atoms with E-state index in [1.165, 1.54) is 18.7 Å². The number of nitrogens with one attached hydrogen (secondary N) is 3. The number of carbonyl (C=O) groups is 1. The van der Waals surface area contributed by atoms with Crippen molar-refractivity contribution in [2.75, 3.05) is 42.8 Å². The van der Waals surface area contributed by atoms with Gasteiger partial charge in [-0.25, -0.2) is 9.97 Å². The second kappa shape index (κ2) is 10.3. The third kappa shape index (κ3) is 6.19. The van der Waals surface area contributed by atoms with Gasteiger partial charge in [0.05, 0.1) is 6.61 Å². The van der Waals surface area contributed by atoms with Crippen LogP contribution in [0.4, 0.5) is 23.1 Å². The molecule has 0 spiro atoms. The van der Waals surface area contributed by atoms with Gasteiger partial charge in [0.1, 0.15) is 11.6 Å². The molecule has 0 radical (unpaired) electrons. The molecule has 1 aromatic carbocycles. The third-order valence-electron chi connectivity index (χ3n) is 4.43. The van der Waals surface area contributed by atoms with Crippen molar-refractivity contribution in [3.05, 3.63) is 41.6 Å². The zero-order chi connectivity index (χ0) is 22.4. The minimum Gasteiger partial charge on any atom is -0.383 e. The highest BCUT2D eigenvalue weighted by molar-refractivity contribution is 7.99. The monoisotopic (exact) mass is 441 g/mol. The molecule has 0 fully saturated rings. The zero-order valence-electron chi connectivity index (χ0n) is 18.3. The number of amides is 1. The fourth-order valence-corrected chi connectivity index (χ4v) is 3.63. The molecule has 164 valence electrons. The molecule has 0 bridgehead atoms. The first kappa shape index (κ1) is 22.6. The molecule has 0 atom stereocenters. The lowest BCUT2D eigenvalue weighted by atomic mass is 10.3. The van der Waals surface area contributed by atoms with Gasteiger partial charge in [0.15, 0.2) is 11.0 Å². The quantitative estimate of drug-likeness (QED) is 0.431. The highest BCUT2D eigenvalue weighted by atomic mass is 32.2. The average molecular weight is 442 g/mol. The van der Waals surface area contributed by atoms with E-state index in [9.17, 15) is 4.79 Å². The minimum atomic E-state index is -0.102. The van der Waals surface area contributed by atoms with Crippen LogP contribution in [-0.2, 0) is 9.53 Å². The molecule has 0 saturated heterocycles. The van der Waals surface area contributed by atoms with E-state index in [0.717, 1.165) is 27.7 Å². The molecule has 3 aromatic rings. The zero-order valence-corrected chi connectivity index (χ0v) is 19.1. The van der Waals surface area contributed by atoms with E-state index >= 15 is 0 Å². The topological polar surface area (TPSA) is 108 Å². The first-order chi connectivity index (χ1) is 14.9. The summed E-state index contributed by atoms with van der Waals surface area (Å²) < 4.78 is 5.22. The van der Waals surface area contributed by atoms with Crippen LogP contribution in [0.2, 0.25) is 0 Å². The molecule has 10 heteroatoms. The largest absolute Gasteiger partial charge is 0.383 e. The number of ether oxygens (including phenoxy) is 1. The van der Waals surface area contributed by atoms with Crippen molar-refractivity contribution in [2.24, 2.45) is 0 Å². The number of aromatic amines is 1. The Balaban J connectivity index is 1.90. The van der Waals surface area contributed by atoms with E-state index in [1.54, 1.807) is 7.11 Å². The standard InChI is InChI=1S/C21H27N7O2S/c1-13-12-18(27-26-13)23-19-14(2)20(28(4)10-11-30-5)25-21(24-19)31-17-8-6-16(7-9-17)22-15(3)29/h6-9,12H,10-11H2,1-5H3,(H,22,29)(H2,23,24,25,26,27). The molecule has 31 heavy (non-hydrogen) atoms. The van der Waals surface area contributed by atoms with Crippen LogP contribution >= 0.6 is 11.8 Å². The van der Waals surface area contributed by atoms with Crippen LogP contribution in [-0.4, -0.2) is 53.4 Å². The first-order valence-corrected chi connectivity index (χ1v) is 10.6. The second-order valence-electron chi connectivity index (χ2n) is 7.09. The van der Waals surface area contributed by atoms with Gasteiger partial charge in [0, 0.05) is 55.5 Å². The Kier molecular flexibility index (Phi) is 7.48. The Morgan fingerprint density at radius 3 is 2.58 bits per heavy atom. The Morgan fingerprint density at radius 1 is 1.23 bits per heavy atom. The van der Waals surface area contributed by atoms with E-state index in [0.29, 0.717) is 29.9 Å². The van der Waals surface area contributed by atoms with Gasteiger partial charge in [0.2, 0.25) is 5.91 Å². The van der Waals surface area contributed by atoms with Crippen LogP contribution in [0.5, 0.6) is 0 Å². The van der Waals surface area contributed by atoms with E-state index in [4.69, 9.17) is 14.7 Å². The smallest absolute Gasteiger partial charge is 0.221 e. The summed E-state index contributed by atoms with van der Waals surface area (Å²) in [5.41, 5.74) is 2.63.